The van der Waals surface area contributed by atoms with E-state index < -0.39 is 0 Å². The Bertz CT molecular complexity index is 290. The monoisotopic (exact) mass is 165 g/mol. The lowest BCUT2D eigenvalue weighted by Gasteiger charge is -2.28. The van der Waals surface area contributed by atoms with Gasteiger partial charge < -0.3 is 4.98 Å². The summed E-state index contributed by atoms with van der Waals surface area (Å²) in [6.07, 6.45) is 1.11. The van der Waals surface area contributed by atoms with Crippen molar-refractivity contribution in [1.82, 2.24) is 14.9 Å². The highest BCUT2D eigenvalue weighted by Crippen LogP contribution is 2.25. The second-order valence-electron chi connectivity index (χ2n) is 3.59. The molecule has 2 rings (SSSR count). The minimum absolute atomic E-state index is 0.471. The van der Waals surface area contributed by atoms with Crippen LogP contribution in [-0.2, 0) is 6.42 Å². The van der Waals surface area contributed by atoms with E-state index in [4.69, 9.17) is 0 Å². The molecule has 1 unspecified atom stereocenters. The van der Waals surface area contributed by atoms with E-state index in [1.54, 1.807) is 0 Å². The second-order valence-corrected chi connectivity index (χ2v) is 3.59. The zero-order valence-electron chi connectivity index (χ0n) is 7.89. The standard InChI is InChI=1S/C9H15N3/c1-6-9-8(4-5-12(6)3)10-7(2)11-9/h6H,4-5H2,1-3H3,(H,10,11). The van der Waals surface area contributed by atoms with E-state index in [9.17, 15) is 0 Å². The highest BCUT2D eigenvalue weighted by Gasteiger charge is 2.23. The number of fused-ring (bicyclic) bond motifs is 1. The number of aromatic nitrogens is 2. The summed E-state index contributed by atoms with van der Waals surface area (Å²) < 4.78 is 0. The van der Waals surface area contributed by atoms with E-state index >= 15 is 0 Å². The first kappa shape index (κ1) is 7.80. The van der Waals surface area contributed by atoms with Gasteiger partial charge in [0.1, 0.15) is 5.82 Å². The van der Waals surface area contributed by atoms with Crippen LogP contribution in [0.3, 0.4) is 0 Å². The molecule has 1 aromatic rings. The molecule has 1 aromatic heterocycles. The lowest BCUT2D eigenvalue weighted by molar-refractivity contribution is 0.242. The van der Waals surface area contributed by atoms with Crippen LogP contribution in [0.5, 0.6) is 0 Å². The highest BCUT2D eigenvalue weighted by atomic mass is 15.2. The number of nitrogens with one attached hydrogen (secondary N) is 1. The second kappa shape index (κ2) is 2.59. The number of aromatic amines is 1. The summed E-state index contributed by atoms with van der Waals surface area (Å²) in [6, 6.07) is 0.471. The van der Waals surface area contributed by atoms with E-state index in [2.05, 4.69) is 28.8 Å². The first-order valence-electron chi connectivity index (χ1n) is 4.44. The van der Waals surface area contributed by atoms with Gasteiger partial charge in [-0.25, -0.2) is 4.98 Å². The van der Waals surface area contributed by atoms with Crippen LogP contribution in [0, 0.1) is 6.92 Å². The molecule has 1 N–H and O–H groups in total. The number of hydrogen-bond donors (Lipinski definition) is 1. The quantitative estimate of drug-likeness (QED) is 0.627. The van der Waals surface area contributed by atoms with Gasteiger partial charge >= 0.3 is 0 Å². The summed E-state index contributed by atoms with van der Waals surface area (Å²) >= 11 is 0. The molecule has 0 aromatic carbocycles. The molecular formula is C9H15N3. The van der Waals surface area contributed by atoms with Crippen molar-refractivity contribution in [2.24, 2.45) is 0 Å². The SMILES string of the molecule is Cc1nc2c([nH]1)CCN(C)C2C. The van der Waals surface area contributed by atoms with E-state index in [1.807, 2.05) is 6.92 Å². The van der Waals surface area contributed by atoms with Crippen LogP contribution in [0.15, 0.2) is 0 Å². The summed E-state index contributed by atoms with van der Waals surface area (Å²) in [7, 11) is 2.15. The average Bonchev–Trinajstić information content (AvgIpc) is 2.39. The van der Waals surface area contributed by atoms with Crippen LogP contribution >= 0.6 is 0 Å². The average molecular weight is 165 g/mol. The molecule has 0 bridgehead atoms. The van der Waals surface area contributed by atoms with Crippen LogP contribution < -0.4 is 0 Å². The number of imidazole rings is 1. The van der Waals surface area contributed by atoms with E-state index in [1.165, 1.54) is 11.4 Å². The lowest BCUT2D eigenvalue weighted by atomic mass is 10.1. The number of likely N-dealkylation sites (N-methyl/N-ethyl adjacent to an activating group) is 1. The Hall–Kier alpha value is -0.830. The first-order chi connectivity index (χ1) is 5.68. The lowest BCUT2D eigenvalue weighted by Crippen LogP contribution is -2.30. The summed E-state index contributed by atoms with van der Waals surface area (Å²) in [5.41, 5.74) is 2.57. The topological polar surface area (TPSA) is 31.9 Å². The molecule has 0 radical (unpaired) electrons. The molecule has 0 spiro atoms. The Morgan fingerprint density at radius 3 is 3.08 bits per heavy atom. The zero-order chi connectivity index (χ0) is 8.72. The van der Waals surface area contributed by atoms with Gasteiger partial charge in [-0.2, -0.15) is 0 Å². The maximum atomic E-state index is 4.49. The van der Waals surface area contributed by atoms with Gasteiger partial charge in [0.15, 0.2) is 0 Å². The summed E-state index contributed by atoms with van der Waals surface area (Å²) in [5.74, 6) is 1.04. The number of H-pyrrole nitrogens is 1. The molecule has 0 amide bonds. The summed E-state index contributed by atoms with van der Waals surface area (Å²) in [5, 5.41) is 0. The van der Waals surface area contributed by atoms with Crippen LogP contribution in [0.2, 0.25) is 0 Å². The first-order valence-corrected chi connectivity index (χ1v) is 4.44. The third-order valence-electron chi connectivity index (χ3n) is 2.70. The van der Waals surface area contributed by atoms with Gasteiger partial charge in [0.05, 0.1) is 11.7 Å². The van der Waals surface area contributed by atoms with Crippen molar-refractivity contribution in [2.75, 3.05) is 13.6 Å². The fourth-order valence-corrected chi connectivity index (χ4v) is 1.79. The molecule has 3 nitrogen and oxygen atoms in total. The number of nitrogens with zero attached hydrogens (tertiary/aromatic N) is 2. The van der Waals surface area contributed by atoms with Crippen LogP contribution in [-0.4, -0.2) is 28.5 Å². The fraction of sp³-hybridized carbons (Fsp3) is 0.667. The van der Waals surface area contributed by atoms with Gasteiger partial charge in [-0.15, -0.1) is 0 Å². The van der Waals surface area contributed by atoms with Crippen LogP contribution in [0.4, 0.5) is 0 Å². The molecule has 12 heavy (non-hydrogen) atoms. The highest BCUT2D eigenvalue weighted by molar-refractivity contribution is 5.20. The van der Waals surface area contributed by atoms with Crippen molar-refractivity contribution in [2.45, 2.75) is 26.3 Å². The van der Waals surface area contributed by atoms with Crippen molar-refractivity contribution >= 4 is 0 Å². The molecule has 1 aliphatic rings. The van der Waals surface area contributed by atoms with Crippen LogP contribution in [0.25, 0.3) is 0 Å². The smallest absolute Gasteiger partial charge is 0.103 e. The Morgan fingerprint density at radius 2 is 2.33 bits per heavy atom. The molecule has 0 saturated carbocycles. The molecule has 1 atom stereocenters. The largest absolute Gasteiger partial charge is 0.346 e. The molecule has 0 saturated heterocycles. The summed E-state index contributed by atoms with van der Waals surface area (Å²) in [6.45, 7) is 5.36. The zero-order valence-corrected chi connectivity index (χ0v) is 7.89. The minimum atomic E-state index is 0.471. The number of hydrogen-bond acceptors (Lipinski definition) is 2. The van der Waals surface area contributed by atoms with E-state index in [0.29, 0.717) is 6.04 Å². The Labute approximate surface area is 72.8 Å². The summed E-state index contributed by atoms with van der Waals surface area (Å²) in [4.78, 5) is 10.1. The van der Waals surface area contributed by atoms with Gasteiger partial charge in [0, 0.05) is 18.7 Å². The predicted octanol–water partition coefficient (Wildman–Crippen LogP) is 1.27. The Balaban J connectivity index is 2.41. The third-order valence-corrected chi connectivity index (χ3v) is 2.70. The van der Waals surface area contributed by atoms with Gasteiger partial charge in [0.2, 0.25) is 0 Å². The van der Waals surface area contributed by atoms with Gasteiger partial charge in [-0.1, -0.05) is 0 Å². The molecule has 0 aliphatic carbocycles. The molecule has 2 heterocycles. The van der Waals surface area contributed by atoms with Crippen molar-refractivity contribution in [3.05, 3.63) is 17.2 Å². The molecule has 0 fully saturated rings. The van der Waals surface area contributed by atoms with Gasteiger partial charge in [-0.05, 0) is 20.9 Å². The fourth-order valence-electron chi connectivity index (χ4n) is 1.79. The Kier molecular flexibility index (Phi) is 1.68. The number of rotatable bonds is 0. The van der Waals surface area contributed by atoms with Crippen molar-refractivity contribution in [3.63, 3.8) is 0 Å². The van der Waals surface area contributed by atoms with Crippen molar-refractivity contribution < 1.29 is 0 Å². The normalized spacial score (nSPS) is 24.1. The van der Waals surface area contributed by atoms with E-state index in [-0.39, 0.29) is 0 Å². The molecular weight excluding hydrogens is 150 g/mol. The van der Waals surface area contributed by atoms with Crippen molar-refractivity contribution in [1.29, 1.82) is 0 Å². The molecule has 3 heteroatoms. The Morgan fingerprint density at radius 1 is 1.58 bits per heavy atom. The predicted molar refractivity (Wildman–Crippen MR) is 48.1 cm³/mol. The molecule has 1 aliphatic heterocycles. The number of aryl methyl sites for hydroxylation is 1. The van der Waals surface area contributed by atoms with Gasteiger partial charge in [0.25, 0.3) is 0 Å². The van der Waals surface area contributed by atoms with Crippen LogP contribution in [0.1, 0.15) is 30.2 Å². The van der Waals surface area contributed by atoms with Gasteiger partial charge in [-0.3, -0.25) is 4.90 Å². The van der Waals surface area contributed by atoms with E-state index in [0.717, 1.165) is 18.8 Å². The third kappa shape index (κ3) is 1.05. The minimum Gasteiger partial charge on any atom is -0.346 e. The molecule has 66 valence electrons. The van der Waals surface area contributed by atoms with Crippen molar-refractivity contribution in [3.8, 4) is 0 Å². The maximum absolute atomic E-state index is 4.49. The maximum Gasteiger partial charge on any atom is 0.103 e.